The number of rotatable bonds is 3. The van der Waals surface area contributed by atoms with Gasteiger partial charge in [0.25, 0.3) is 0 Å². The van der Waals surface area contributed by atoms with Crippen molar-refractivity contribution in [3.8, 4) is 22.6 Å². The van der Waals surface area contributed by atoms with Crippen molar-refractivity contribution in [1.29, 1.82) is 0 Å². The van der Waals surface area contributed by atoms with Gasteiger partial charge in [0, 0.05) is 0 Å². The molecule has 1 aromatic heterocycles. The zero-order valence-corrected chi connectivity index (χ0v) is 12.5. The Morgan fingerprint density at radius 2 is 1.76 bits per heavy atom. The van der Waals surface area contributed by atoms with E-state index in [4.69, 9.17) is 10.2 Å². The normalized spacial score (nSPS) is 11.3. The van der Waals surface area contributed by atoms with Gasteiger partial charge in [0.15, 0.2) is 0 Å². The van der Waals surface area contributed by atoms with E-state index in [1.54, 1.807) is 18.2 Å². The molecule has 0 spiro atoms. The molecule has 0 fully saturated rings. The first-order valence-corrected chi connectivity index (χ1v) is 6.99. The minimum atomic E-state index is -4.40. The third-order valence-corrected chi connectivity index (χ3v) is 3.41. The number of aromatic nitrogens is 2. The summed E-state index contributed by atoms with van der Waals surface area (Å²) in [5.74, 6) is 0.137. The molecular formula is C16H11F3N4O2. The topological polar surface area (TPSA) is 94.0 Å². The third kappa shape index (κ3) is 3.60. The highest BCUT2D eigenvalue weighted by molar-refractivity contribution is 5.93. The molecule has 6 nitrogen and oxygen atoms in total. The summed E-state index contributed by atoms with van der Waals surface area (Å²) in [5.41, 5.74) is 6.29. The van der Waals surface area contributed by atoms with Crippen molar-refractivity contribution in [2.24, 2.45) is 5.73 Å². The van der Waals surface area contributed by atoms with E-state index in [2.05, 4.69) is 15.5 Å². The summed E-state index contributed by atoms with van der Waals surface area (Å²) in [7, 11) is 0. The minimum Gasteiger partial charge on any atom is -0.423 e. The van der Waals surface area contributed by atoms with Crippen LogP contribution in [0.5, 0.6) is 0 Å². The third-order valence-electron chi connectivity index (χ3n) is 3.41. The number of anilines is 1. The number of nitrogens with zero attached hydrogens (tertiary/aromatic N) is 2. The van der Waals surface area contributed by atoms with Crippen LogP contribution in [0.1, 0.15) is 5.56 Å². The number of carbonyl (C=O) groups is 1. The summed E-state index contributed by atoms with van der Waals surface area (Å²) < 4.78 is 43.1. The van der Waals surface area contributed by atoms with Crippen molar-refractivity contribution >= 4 is 11.7 Å². The second-order valence-electron chi connectivity index (χ2n) is 5.07. The van der Waals surface area contributed by atoms with Gasteiger partial charge in [0.05, 0.1) is 16.8 Å². The lowest BCUT2D eigenvalue weighted by molar-refractivity contribution is -0.137. The number of benzene rings is 2. The van der Waals surface area contributed by atoms with Gasteiger partial charge in [-0.1, -0.05) is 18.2 Å². The van der Waals surface area contributed by atoms with E-state index in [0.717, 1.165) is 18.5 Å². The van der Waals surface area contributed by atoms with Crippen LogP contribution in [0.4, 0.5) is 23.7 Å². The zero-order chi connectivity index (χ0) is 18.0. The van der Waals surface area contributed by atoms with Crippen LogP contribution in [-0.4, -0.2) is 16.2 Å². The molecular weight excluding hydrogens is 337 g/mol. The molecule has 0 radical (unpaired) electrons. The first-order valence-electron chi connectivity index (χ1n) is 6.99. The molecule has 2 aromatic carbocycles. The van der Waals surface area contributed by atoms with Crippen molar-refractivity contribution in [2.75, 3.05) is 5.32 Å². The number of hydrogen-bond donors (Lipinski definition) is 2. The van der Waals surface area contributed by atoms with Crippen molar-refractivity contribution in [1.82, 2.24) is 10.2 Å². The minimum absolute atomic E-state index is 0.137. The van der Waals surface area contributed by atoms with Crippen LogP contribution in [-0.2, 0) is 6.18 Å². The van der Waals surface area contributed by atoms with Gasteiger partial charge in [-0.05, 0) is 35.4 Å². The summed E-state index contributed by atoms with van der Waals surface area (Å²) in [6, 6.07) is 8.73. The van der Waals surface area contributed by atoms with E-state index in [1.165, 1.54) is 12.1 Å². The molecule has 3 N–H and O–H groups in total. The Kier molecular flexibility index (Phi) is 4.14. The van der Waals surface area contributed by atoms with Gasteiger partial charge >= 0.3 is 12.2 Å². The van der Waals surface area contributed by atoms with E-state index in [1.807, 2.05) is 0 Å². The van der Waals surface area contributed by atoms with Crippen LogP contribution in [0.25, 0.3) is 22.6 Å². The van der Waals surface area contributed by atoms with Gasteiger partial charge < -0.3 is 15.5 Å². The van der Waals surface area contributed by atoms with Crippen molar-refractivity contribution in [2.45, 2.75) is 6.18 Å². The lowest BCUT2D eigenvalue weighted by atomic mass is 10.0. The maximum Gasteiger partial charge on any atom is 0.416 e. The number of amides is 2. The molecule has 128 valence electrons. The number of urea groups is 1. The summed E-state index contributed by atoms with van der Waals surface area (Å²) in [5, 5.41) is 9.78. The second-order valence-corrected chi connectivity index (χ2v) is 5.07. The predicted octanol–water partition coefficient (Wildman–Crippen LogP) is 3.91. The van der Waals surface area contributed by atoms with Crippen LogP contribution in [0.2, 0.25) is 0 Å². The molecule has 0 aliphatic carbocycles. The van der Waals surface area contributed by atoms with Crippen LogP contribution in [0.15, 0.2) is 53.3 Å². The van der Waals surface area contributed by atoms with Crippen LogP contribution < -0.4 is 11.1 Å². The highest BCUT2D eigenvalue weighted by Gasteiger charge is 2.30. The number of nitrogens with one attached hydrogen (secondary N) is 1. The van der Waals surface area contributed by atoms with Gasteiger partial charge in [-0.3, -0.25) is 0 Å². The molecule has 3 rings (SSSR count). The van der Waals surface area contributed by atoms with E-state index >= 15 is 0 Å². The summed E-state index contributed by atoms with van der Waals surface area (Å²) >= 11 is 0. The molecule has 1 heterocycles. The van der Waals surface area contributed by atoms with Crippen LogP contribution in [0, 0.1) is 0 Å². The van der Waals surface area contributed by atoms with E-state index in [9.17, 15) is 18.0 Å². The average Bonchev–Trinajstić information content (AvgIpc) is 3.08. The van der Waals surface area contributed by atoms with Crippen molar-refractivity contribution in [3.63, 3.8) is 0 Å². The molecule has 0 aliphatic heterocycles. The molecule has 25 heavy (non-hydrogen) atoms. The fourth-order valence-electron chi connectivity index (χ4n) is 2.28. The number of primary amides is 1. The Morgan fingerprint density at radius 3 is 2.32 bits per heavy atom. The second kappa shape index (κ2) is 6.27. The van der Waals surface area contributed by atoms with Gasteiger partial charge in [-0.2, -0.15) is 13.2 Å². The molecule has 0 unspecified atom stereocenters. The Balaban J connectivity index is 2.03. The number of halogens is 3. The predicted molar refractivity (Wildman–Crippen MR) is 83.4 cm³/mol. The lowest BCUT2D eigenvalue weighted by Crippen LogP contribution is -2.19. The summed E-state index contributed by atoms with van der Waals surface area (Å²) in [6.07, 6.45) is -3.28. The summed E-state index contributed by atoms with van der Waals surface area (Å²) in [6.45, 7) is 0. The zero-order valence-electron chi connectivity index (χ0n) is 12.5. The Hall–Kier alpha value is -3.36. The molecule has 0 atom stereocenters. The highest BCUT2D eigenvalue weighted by atomic mass is 19.4. The number of hydrogen-bond acceptors (Lipinski definition) is 4. The number of nitrogens with two attached hydrogens (primary N) is 1. The standard InChI is InChI=1S/C16H11F3N4O2/c17-16(18,19)11-4-1-9(2-5-11)10-3-6-13(22-15(20)24)12(7-10)14-23-21-8-25-14/h1-8H,(H3,20,22,24). The Bertz CT molecular complexity index is 891. The number of carbonyl (C=O) groups excluding carboxylic acids is 1. The Labute approximate surface area is 139 Å². The molecule has 0 aliphatic rings. The van der Waals surface area contributed by atoms with Gasteiger partial charge in [-0.15, -0.1) is 10.2 Å². The fourth-order valence-corrected chi connectivity index (χ4v) is 2.28. The summed E-state index contributed by atoms with van der Waals surface area (Å²) in [4.78, 5) is 11.1. The SMILES string of the molecule is NC(=O)Nc1ccc(-c2ccc(C(F)(F)F)cc2)cc1-c1nnco1. The molecule has 0 saturated carbocycles. The van der Waals surface area contributed by atoms with Crippen molar-refractivity contribution in [3.05, 3.63) is 54.4 Å². The average molecular weight is 348 g/mol. The Morgan fingerprint density at radius 1 is 1.08 bits per heavy atom. The smallest absolute Gasteiger partial charge is 0.416 e. The van der Waals surface area contributed by atoms with Gasteiger partial charge in [0.1, 0.15) is 0 Å². The molecule has 2 amide bonds. The molecule has 0 saturated heterocycles. The molecule has 3 aromatic rings. The first-order chi connectivity index (χ1) is 11.8. The lowest BCUT2D eigenvalue weighted by Gasteiger charge is -2.11. The highest BCUT2D eigenvalue weighted by Crippen LogP contribution is 2.34. The van der Waals surface area contributed by atoms with Gasteiger partial charge in [0.2, 0.25) is 12.3 Å². The van der Waals surface area contributed by atoms with Crippen LogP contribution >= 0.6 is 0 Å². The van der Waals surface area contributed by atoms with Gasteiger partial charge in [-0.25, -0.2) is 4.79 Å². The van der Waals surface area contributed by atoms with E-state index in [0.29, 0.717) is 22.4 Å². The molecule has 9 heteroatoms. The first kappa shape index (κ1) is 16.5. The maximum absolute atomic E-state index is 12.7. The fraction of sp³-hybridized carbons (Fsp3) is 0.0625. The largest absolute Gasteiger partial charge is 0.423 e. The number of alkyl halides is 3. The quantitative estimate of drug-likeness (QED) is 0.750. The monoisotopic (exact) mass is 348 g/mol. The van der Waals surface area contributed by atoms with Crippen molar-refractivity contribution < 1.29 is 22.4 Å². The molecule has 0 bridgehead atoms. The van der Waals surface area contributed by atoms with Crippen LogP contribution in [0.3, 0.4) is 0 Å². The van der Waals surface area contributed by atoms with E-state index in [-0.39, 0.29) is 5.89 Å². The van der Waals surface area contributed by atoms with E-state index < -0.39 is 17.8 Å². The maximum atomic E-state index is 12.7.